The molecule has 0 bridgehead atoms. The molecule has 0 aromatic carbocycles. The smallest absolute Gasteiger partial charge is 0.258 e. The van der Waals surface area contributed by atoms with Crippen LogP contribution in [0.25, 0.3) is 11.5 Å². The molecule has 0 unspecified atom stereocenters. The summed E-state index contributed by atoms with van der Waals surface area (Å²) in [5.41, 5.74) is 6.19. The Morgan fingerprint density at radius 2 is 2.28 bits per heavy atom. The van der Waals surface area contributed by atoms with Crippen LogP contribution in [-0.2, 0) is 12.6 Å². The van der Waals surface area contributed by atoms with Crippen LogP contribution >= 0.6 is 0 Å². The Hall–Kier alpha value is -1.95. The van der Waals surface area contributed by atoms with Gasteiger partial charge in [-0.1, -0.05) is 5.16 Å². The Morgan fingerprint density at radius 1 is 1.50 bits per heavy atom. The van der Waals surface area contributed by atoms with Crippen molar-refractivity contribution in [2.45, 2.75) is 24.8 Å². The van der Waals surface area contributed by atoms with Gasteiger partial charge in [0.2, 0.25) is 0 Å². The van der Waals surface area contributed by atoms with Crippen LogP contribution < -0.4 is 11.3 Å². The molecule has 0 spiro atoms. The molecule has 18 heavy (non-hydrogen) atoms. The Bertz CT molecular complexity index is 640. The highest BCUT2D eigenvalue weighted by Crippen LogP contribution is 2.37. The Balaban J connectivity index is 1.97. The highest BCUT2D eigenvalue weighted by molar-refractivity contribution is 5.51. The van der Waals surface area contributed by atoms with E-state index in [0.717, 1.165) is 19.3 Å². The van der Waals surface area contributed by atoms with Gasteiger partial charge in [0, 0.05) is 24.9 Å². The van der Waals surface area contributed by atoms with Crippen LogP contribution in [0.15, 0.2) is 27.6 Å². The van der Waals surface area contributed by atoms with Crippen molar-refractivity contribution in [1.29, 1.82) is 0 Å². The first-order chi connectivity index (χ1) is 8.58. The molecular formula is C12H14N4O2. The summed E-state index contributed by atoms with van der Waals surface area (Å²) in [6.45, 7) is 0. The summed E-state index contributed by atoms with van der Waals surface area (Å²) in [7, 11) is 1.69. The number of pyridine rings is 1. The van der Waals surface area contributed by atoms with E-state index in [1.165, 1.54) is 10.6 Å². The second-order valence-corrected chi connectivity index (χ2v) is 4.80. The van der Waals surface area contributed by atoms with E-state index >= 15 is 0 Å². The summed E-state index contributed by atoms with van der Waals surface area (Å²) in [6.07, 6.45) is 4.51. The molecule has 1 aliphatic rings. The summed E-state index contributed by atoms with van der Waals surface area (Å²) >= 11 is 0. The first-order valence-corrected chi connectivity index (χ1v) is 5.89. The average Bonchev–Trinajstić information content (AvgIpc) is 2.79. The summed E-state index contributed by atoms with van der Waals surface area (Å²) < 4.78 is 6.66. The number of nitrogens with two attached hydrogens (primary N) is 1. The molecule has 2 N–H and O–H groups in total. The minimum absolute atomic E-state index is 0.113. The fraction of sp³-hybridized carbons (Fsp3) is 0.417. The van der Waals surface area contributed by atoms with Gasteiger partial charge in [-0.3, -0.25) is 4.79 Å². The van der Waals surface area contributed by atoms with Crippen molar-refractivity contribution in [3.63, 3.8) is 0 Å². The third-order valence-corrected chi connectivity index (χ3v) is 3.47. The van der Waals surface area contributed by atoms with Gasteiger partial charge in [-0.05, 0) is 25.3 Å². The summed E-state index contributed by atoms with van der Waals surface area (Å²) in [5, 5.41) is 3.92. The van der Waals surface area contributed by atoms with Gasteiger partial charge in [0.05, 0.1) is 5.54 Å². The third-order valence-electron chi connectivity index (χ3n) is 3.47. The number of rotatable bonds is 2. The van der Waals surface area contributed by atoms with Crippen molar-refractivity contribution in [2.75, 3.05) is 0 Å². The van der Waals surface area contributed by atoms with Crippen molar-refractivity contribution in [2.24, 2.45) is 12.8 Å². The Kier molecular flexibility index (Phi) is 2.34. The van der Waals surface area contributed by atoms with Crippen molar-refractivity contribution in [3.8, 4) is 11.5 Å². The predicted octanol–water partition coefficient (Wildman–Crippen LogP) is 0.773. The highest BCUT2D eigenvalue weighted by atomic mass is 16.5. The van der Waals surface area contributed by atoms with Crippen LogP contribution in [0, 0.1) is 0 Å². The van der Waals surface area contributed by atoms with Crippen LogP contribution in [0.2, 0.25) is 0 Å². The molecule has 6 nitrogen and oxygen atoms in total. The van der Waals surface area contributed by atoms with Crippen LogP contribution in [0.4, 0.5) is 0 Å². The maximum absolute atomic E-state index is 11.5. The first kappa shape index (κ1) is 11.2. The zero-order chi connectivity index (χ0) is 12.8. The van der Waals surface area contributed by atoms with E-state index in [1.54, 1.807) is 19.3 Å². The van der Waals surface area contributed by atoms with Gasteiger partial charge in [-0.25, -0.2) is 0 Å². The molecule has 6 heteroatoms. The molecule has 3 rings (SSSR count). The zero-order valence-corrected chi connectivity index (χ0v) is 10.1. The number of hydrogen-bond acceptors (Lipinski definition) is 5. The quantitative estimate of drug-likeness (QED) is 0.845. The van der Waals surface area contributed by atoms with Gasteiger partial charge >= 0.3 is 0 Å². The van der Waals surface area contributed by atoms with E-state index in [1.807, 2.05) is 0 Å². The molecule has 0 radical (unpaired) electrons. The Morgan fingerprint density at radius 3 is 2.89 bits per heavy atom. The monoisotopic (exact) mass is 246 g/mol. The summed E-state index contributed by atoms with van der Waals surface area (Å²) in [5.74, 6) is 0.879. The molecule has 0 amide bonds. The van der Waals surface area contributed by atoms with Gasteiger partial charge < -0.3 is 14.8 Å². The van der Waals surface area contributed by atoms with Gasteiger partial charge in [0.25, 0.3) is 11.4 Å². The zero-order valence-electron chi connectivity index (χ0n) is 10.1. The lowest BCUT2D eigenvalue weighted by Crippen LogP contribution is -2.44. The lowest BCUT2D eigenvalue weighted by atomic mass is 9.77. The van der Waals surface area contributed by atoms with Crippen molar-refractivity contribution in [1.82, 2.24) is 14.7 Å². The Labute approximate surface area is 103 Å². The molecule has 1 fully saturated rings. The second-order valence-electron chi connectivity index (χ2n) is 4.80. The van der Waals surface area contributed by atoms with Gasteiger partial charge in [-0.2, -0.15) is 4.98 Å². The van der Waals surface area contributed by atoms with Crippen molar-refractivity contribution >= 4 is 0 Å². The number of hydrogen-bond donors (Lipinski definition) is 1. The molecule has 0 aliphatic heterocycles. The minimum atomic E-state index is -0.443. The molecular weight excluding hydrogens is 232 g/mol. The molecule has 2 heterocycles. The summed E-state index contributed by atoms with van der Waals surface area (Å²) in [4.78, 5) is 15.8. The standard InChI is InChI=1S/C12H14N4O2/c1-16-6-3-8(7-9(16)17)10-14-11(15-18-10)12(13)4-2-5-12/h3,6-7H,2,4-5,13H2,1H3. The van der Waals surface area contributed by atoms with E-state index < -0.39 is 5.54 Å². The highest BCUT2D eigenvalue weighted by Gasteiger charge is 2.39. The minimum Gasteiger partial charge on any atom is -0.334 e. The fourth-order valence-corrected chi connectivity index (χ4v) is 2.01. The van der Waals surface area contributed by atoms with E-state index in [9.17, 15) is 4.79 Å². The van der Waals surface area contributed by atoms with Crippen LogP contribution in [0.3, 0.4) is 0 Å². The van der Waals surface area contributed by atoms with Crippen LogP contribution in [0.1, 0.15) is 25.1 Å². The lowest BCUT2D eigenvalue weighted by Gasteiger charge is -2.34. The second kappa shape index (κ2) is 3.78. The van der Waals surface area contributed by atoms with E-state index in [2.05, 4.69) is 10.1 Å². The topological polar surface area (TPSA) is 86.9 Å². The van der Waals surface area contributed by atoms with E-state index in [-0.39, 0.29) is 5.56 Å². The van der Waals surface area contributed by atoms with Gasteiger partial charge in [0.15, 0.2) is 5.82 Å². The third kappa shape index (κ3) is 1.65. The molecule has 0 saturated heterocycles. The van der Waals surface area contributed by atoms with Gasteiger partial charge in [-0.15, -0.1) is 0 Å². The SMILES string of the molecule is Cn1ccc(-c2nc(C3(N)CCC3)no2)cc1=O. The maximum atomic E-state index is 11.5. The molecule has 2 aromatic heterocycles. The van der Waals surface area contributed by atoms with E-state index in [0.29, 0.717) is 17.3 Å². The van der Waals surface area contributed by atoms with Gasteiger partial charge in [0.1, 0.15) is 0 Å². The normalized spacial score (nSPS) is 17.4. The average molecular weight is 246 g/mol. The number of aromatic nitrogens is 3. The van der Waals surface area contributed by atoms with E-state index in [4.69, 9.17) is 10.3 Å². The lowest BCUT2D eigenvalue weighted by molar-refractivity contribution is 0.229. The summed E-state index contributed by atoms with van der Waals surface area (Å²) in [6, 6.07) is 3.24. The number of nitrogens with zero attached hydrogens (tertiary/aromatic N) is 3. The molecule has 2 aromatic rings. The van der Waals surface area contributed by atoms with Crippen LogP contribution in [0.5, 0.6) is 0 Å². The first-order valence-electron chi connectivity index (χ1n) is 5.89. The largest absolute Gasteiger partial charge is 0.334 e. The molecule has 0 atom stereocenters. The predicted molar refractivity (Wildman–Crippen MR) is 64.7 cm³/mol. The molecule has 1 saturated carbocycles. The number of aryl methyl sites for hydroxylation is 1. The van der Waals surface area contributed by atoms with Crippen molar-refractivity contribution < 1.29 is 4.52 Å². The molecule has 94 valence electrons. The fourth-order valence-electron chi connectivity index (χ4n) is 2.01. The molecule has 1 aliphatic carbocycles. The van der Waals surface area contributed by atoms with Crippen molar-refractivity contribution in [3.05, 3.63) is 34.5 Å². The van der Waals surface area contributed by atoms with Crippen LogP contribution in [-0.4, -0.2) is 14.7 Å². The maximum Gasteiger partial charge on any atom is 0.258 e.